The van der Waals surface area contributed by atoms with Crippen molar-refractivity contribution < 1.29 is 4.79 Å². The molecule has 1 heterocycles. The van der Waals surface area contributed by atoms with Crippen molar-refractivity contribution in [1.82, 2.24) is 20.2 Å². The number of carbonyl (C=O) groups excluding carboxylic acids is 1. The number of tetrazole rings is 1. The molecule has 0 atom stereocenters. The van der Waals surface area contributed by atoms with E-state index < -0.39 is 0 Å². The first-order valence-electron chi connectivity index (χ1n) is 3.78. The van der Waals surface area contributed by atoms with Crippen LogP contribution in [0.5, 0.6) is 0 Å². The largest absolute Gasteiger partial charge is 0.370 e. The Morgan fingerprint density at radius 3 is 2.92 bits per heavy atom. The summed E-state index contributed by atoms with van der Waals surface area (Å²) in [5.74, 6) is -0.258. The highest BCUT2D eigenvalue weighted by molar-refractivity contribution is 5.73. The fraction of sp³-hybridized carbons (Fsp3) is 0.667. The second kappa shape index (κ2) is 4.42. The smallest absolute Gasteiger partial charge is 0.217 e. The van der Waals surface area contributed by atoms with Crippen LogP contribution in [0.25, 0.3) is 0 Å². The molecule has 0 aromatic carbocycles. The van der Waals surface area contributed by atoms with Gasteiger partial charge in [-0.25, -0.2) is 4.68 Å². The fourth-order valence-electron chi connectivity index (χ4n) is 0.856. The summed E-state index contributed by atoms with van der Waals surface area (Å²) in [7, 11) is 0. The number of primary amides is 1. The molecular weight excluding hydrogens is 158 g/mol. The maximum absolute atomic E-state index is 10.3. The predicted octanol–water partition coefficient (Wildman–Crippen LogP) is -0.671. The van der Waals surface area contributed by atoms with Gasteiger partial charge in [0.15, 0.2) is 0 Å². The van der Waals surface area contributed by atoms with Crippen LogP contribution in [-0.2, 0) is 11.3 Å². The molecule has 0 unspecified atom stereocenters. The summed E-state index contributed by atoms with van der Waals surface area (Å²) in [6, 6.07) is 0. The van der Waals surface area contributed by atoms with E-state index in [0.717, 1.165) is 19.4 Å². The standard InChI is InChI=1S/C6H11N5O/c7-6(12)3-1-2-4-11-5-8-9-10-11/h5H,1-4H2,(H2,7,12). The third-order valence-corrected chi connectivity index (χ3v) is 1.45. The van der Waals surface area contributed by atoms with Crippen molar-refractivity contribution in [2.24, 2.45) is 5.73 Å². The molecule has 0 radical (unpaired) electrons. The Bertz CT molecular complexity index is 232. The van der Waals surface area contributed by atoms with E-state index >= 15 is 0 Å². The number of aromatic nitrogens is 4. The van der Waals surface area contributed by atoms with Crippen LogP contribution in [0.15, 0.2) is 6.33 Å². The minimum atomic E-state index is -0.258. The van der Waals surface area contributed by atoms with Gasteiger partial charge in [0.1, 0.15) is 6.33 Å². The van der Waals surface area contributed by atoms with Gasteiger partial charge in [-0.2, -0.15) is 0 Å². The first-order valence-corrected chi connectivity index (χ1v) is 3.78. The predicted molar refractivity (Wildman–Crippen MR) is 40.9 cm³/mol. The van der Waals surface area contributed by atoms with Crippen molar-refractivity contribution >= 4 is 5.91 Å². The van der Waals surface area contributed by atoms with Crippen molar-refractivity contribution in [3.05, 3.63) is 6.33 Å². The molecule has 0 spiro atoms. The number of hydrogen-bond acceptors (Lipinski definition) is 4. The number of aryl methyl sites for hydroxylation is 1. The number of hydrogen-bond donors (Lipinski definition) is 1. The van der Waals surface area contributed by atoms with Gasteiger partial charge >= 0.3 is 0 Å². The molecule has 0 aliphatic carbocycles. The lowest BCUT2D eigenvalue weighted by Crippen LogP contribution is -2.10. The van der Waals surface area contributed by atoms with Gasteiger partial charge in [-0.3, -0.25) is 4.79 Å². The summed E-state index contributed by atoms with van der Waals surface area (Å²) in [4.78, 5) is 10.3. The highest BCUT2D eigenvalue weighted by Crippen LogP contribution is 1.95. The molecule has 1 amide bonds. The molecule has 0 bridgehead atoms. The molecule has 0 aliphatic heterocycles. The SMILES string of the molecule is NC(=O)CCCCn1cnnn1. The normalized spacial score (nSPS) is 10.0. The van der Waals surface area contributed by atoms with Gasteiger partial charge in [-0.1, -0.05) is 0 Å². The number of unbranched alkanes of at least 4 members (excludes halogenated alkanes) is 1. The molecule has 1 aromatic heterocycles. The van der Waals surface area contributed by atoms with Crippen LogP contribution in [0.2, 0.25) is 0 Å². The van der Waals surface area contributed by atoms with Crippen LogP contribution in [0.1, 0.15) is 19.3 Å². The van der Waals surface area contributed by atoms with Gasteiger partial charge in [0.25, 0.3) is 0 Å². The van der Waals surface area contributed by atoms with E-state index in [0.29, 0.717) is 6.42 Å². The second-order valence-corrected chi connectivity index (χ2v) is 2.50. The van der Waals surface area contributed by atoms with Gasteiger partial charge in [0.2, 0.25) is 5.91 Å². The van der Waals surface area contributed by atoms with Gasteiger partial charge in [0, 0.05) is 13.0 Å². The molecule has 12 heavy (non-hydrogen) atoms. The van der Waals surface area contributed by atoms with Gasteiger partial charge in [-0.05, 0) is 23.3 Å². The monoisotopic (exact) mass is 169 g/mol. The van der Waals surface area contributed by atoms with Crippen molar-refractivity contribution in [2.75, 3.05) is 0 Å². The van der Waals surface area contributed by atoms with Crippen molar-refractivity contribution in [3.63, 3.8) is 0 Å². The Balaban J connectivity index is 2.07. The van der Waals surface area contributed by atoms with Crippen LogP contribution >= 0.6 is 0 Å². The van der Waals surface area contributed by atoms with Gasteiger partial charge in [0.05, 0.1) is 0 Å². The summed E-state index contributed by atoms with van der Waals surface area (Å²) in [6.45, 7) is 0.736. The van der Waals surface area contributed by atoms with E-state index in [2.05, 4.69) is 15.5 Å². The third-order valence-electron chi connectivity index (χ3n) is 1.45. The molecule has 66 valence electrons. The number of rotatable bonds is 5. The zero-order valence-electron chi connectivity index (χ0n) is 6.68. The number of carbonyl (C=O) groups is 1. The first kappa shape index (κ1) is 8.63. The molecule has 6 heteroatoms. The fourth-order valence-corrected chi connectivity index (χ4v) is 0.856. The lowest BCUT2D eigenvalue weighted by atomic mass is 10.2. The van der Waals surface area contributed by atoms with Crippen LogP contribution in [0.3, 0.4) is 0 Å². The third kappa shape index (κ3) is 3.09. The summed E-state index contributed by atoms with van der Waals surface area (Å²) in [5, 5.41) is 10.6. The highest BCUT2D eigenvalue weighted by atomic mass is 16.1. The zero-order valence-corrected chi connectivity index (χ0v) is 6.68. The molecule has 0 saturated carbocycles. The maximum Gasteiger partial charge on any atom is 0.217 e. The van der Waals surface area contributed by atoms with E-state index in [1.54, 1.807) is 11.0 Å². The topological polar surface area (TPSA) is 86.7 Å². The van der Waals surface area contributed by atoms with Gasteiger partial charge < -0.3 is 5.73 Å². The average Bonchev–Trinajstić information content (AvgIpc) is 2.49. The Morgan fingerprint density at radius 2 is 2.33 bits per heavy atom. The van der Waals surface area contributed by atoms with E-state index in [-0.39, 0.29) is 5.91 Å². The number of nitrogens with zero attached hydrogens (tertiary/aromatic N) is 4. The van der Waals surface area contributed by atoms with E-state index in [9.17, 15) is 4.79 Å². The molecule has 0 aliphatic rings. The molecule has 0 fully saturated rings. The Morgan fingerprint density at radius 1 is 1.50 bits per heavy atom. The Labute approximate surface area is 69.7 Å². The first-order chi connectivity index (χ1) is 5.79. The van der Waals surface area contributed by atoms with Crippen molar-refractivity contribution in [3.8, 4) is 0 Å². The molecular formula is C6H11N5O. The highest BCUT2D eigenvalue weighted by Gasteiger charge is 1.95. The van der Waals surface area contributed by atoms with Gasteiger partial charge in [-0.15, -0.1) is 5.10 Å². The summed E-state index contributed by atoms with van der Waals surface area (Å²) in [5.41, 5.74) is 4.97. The van der Waals surface area contributed by atoms with E-state index in [1.807, 2.05) is 0 Å². The van der Waals surface area contributed by atoms with E-state index in [4.69, 9.17) is 5.73 Å². The quantitative estimate of drug-likeness (QED) is 0.592. The molecule has 6 nitrogen and oxygen atoms in total. The minimum absolute atomic E-state index is 0.258. The molecule has 2 N–H and O–H groups in total. The minimum Gasteiger partial charge on any atom is -0.370 e. The molecule has 0 saturated heterocycles. The molecule has 1 aromatic rings. The number of amides is 1. The Hall–Kier alpha value is -1.46. The Kier molecular flexibility index (Phi) is 3.18. The van der Waals surface area contributed by atoms with Crippen LogP contribution < -0.4 is 5.73 Å². The molecule has 1 rings (SSSR count). The van der Waals surface area contributed by atoms with Crippen molar-refractivity contribution in [1.29, 1.82) is 0 Å². The van der Waals surface area contributed by atoms with E-state index in [1.165, 1.54) is 0 Å². The van der Waals surface area contributed by atoms with Crippen LogP contribution in [0, 0.1) is 0 Å². The van der Waals surface area contributed by atoms with Crippen LogP contribution in [0.4, 0.5) is 0 Å². The summed E-state index contributed by atoms with van der Waals surface area (Å²) < 4.78 is 1.63. The lowest BCUT2D eigenvalue weighted by molar-refractivity contribution is -0.118. The lowest BCUT2D eigenvalue weighted by Gasteiger charge is -1.96. The average molecular weight is 169 g/mol. The van der Waals surface area contributed by atoms with Crippen LogP contribution in [-0.4, -0.2) is 26.1 Å². The zero-order chi connectivity index (χ0) is 8.81. The van der Waals surface area contributed by atoms with Crippen molar-refractivity contribution in [2.45, 2.75) is 25.8 Å². The maximum atomic E-state index is 10.3. The second-order valence-electron chi connectivity index (χ2n) is 2.50. The summed E-state index contributed by atoms with van der Waals surface area (Å²) in [6.07, 6.45) is 3.63. The number of nitrogens with two attached hydrogens (primary N) is 1. The summed E-state index contributed by atoms with van der Waals surface area (Å²) >= 11 is 0.